The molecule has 3 aliphatic rings. The number of amides is 2. The molecule has 2 aromatic carbocycles. The molecule has 7 nitrogen and oxygen atoms in total. The van der Waals surface area contributed by atoms with Crippen LogP contribution in [0.1, 0.15) is 56.1 Å². The molecule has 0 radical (unpaired) electrons. The van der Waals surface area contributed by atoms with Gasteiger partial charge in [0.05, 0.1) is 12.0 Å². The van der Waals surface area contributed by atoms with Gasteiger partial charge in [-0.1, -0.05) is 48.5 Å². The first-order valence-electron chi connectivity index (χ1n) is 11.5. The molecule has 2 aromatic rings. The summed E-state index contributed by atoms with van der Waals surface area (Å²) in [7, 11) is 0. The van der Waals surface area contributed by atoms with Crippen molar-refractivity contribution in [3.05, 3.63) is 59.7 Å². The topological polar surface area (TPSA) is 105 Å². The smallest absolute Gasteiger partial charge is 0.408 e. The van der Waals surface area contributed by atoms with Gasteiger partial charge in [-0.05, 0) is 60.8 Å². The summed E-state index contributed by atoms with van der Waals surface area (Å²) in [6.45, 7) is 1.95. The van der Waals surface area contributed by atoms with E-state index in [1.165, 1.54) is 0 Å². The van der Waals surface area contributed by atoms with Crippen LogP contribution < -0.4 is 10.6 Å². The Morgan fingerprint density at radius 1 is 1.03 bits per heavy atom. The Morgan fingerprint density at radius 3 is 2.12 bits per heavy atom. The molecule has 3 aliphatic carbocycles. The van der Waals surface area contributed by atoms with Crippen molar-refractivity contribution < 1.29 is 24.2 Å². The number of ether oxygens (including phenoxy) is 1. The molecule has 2 saturated carbocycles. The van der Waals surface area contributed by atoms with Gasteiger partial charge < -0.3 is 20.5 Å². The number of carbonyl (C=O) groups excluding carboxylic acids is 2. The van der Waals surface area contributed by atoms with Crippen LogP contribution in [0.5, 0.6) is 0 Å². The minimum atomic E-state index is -1.02. The van der Waals surface area contributed by atoms with Crippen molar-refractivity contribution in [2.75, 3.05) is 6.61 Å². The van der Waals surface area contributed by atoms with Crippen molar-refractivity contribution in [2.24, 2.45) is 5.92 Å². The lowest BCUT2D eigenvalue weighted by atomic mass is 9.91. The molecule has 3 N–H and O–H groups in total. The lowest BCUT2D eigenvalue weighted by Crippen LogP contribution is -2.57. The first kappa shape index (κ1) is 21.5. The van der Waals surface area contributed by atoms with E-state index in [-0.39, 0.29) is 30.8 Å². The van der Waals surface area contributed by atoms with E-state index in [1.807, 2.05) is 24.3 Å². The number of fused-ring (bicyclic) bond motifs is 3. The number of carboxylic acids is 1. The predicted octanol–water partition coefficient (Wildman–Crippen LogP) is 3.82. The molecule has 1 atom stereocenters. The van der Waals surface area contributed by atoms with E-state index in [0.29, 0.717) is 12.8 Å². The molecule has 0 aromatic heterocycles. The van der Waals surface area contributed by atoms with Gasteiger partial charge in [0.15, 0.2) is 0 Å². The van der Waals surface area contributed by atoms with Crippen LogP contribution in [0, 0.1) is 5.92 Å². The van der Waals surface area contributed by atoms with Crippen LogP contribution in [0.15, 0.2) is 48.5 Å². The fourth-order valence-electron chi connectivity index (χ4n) is 5.07. The van der Waals surface area contributed by atoms with Gasteiger partial charge in [0, 0.05) is 5.92 Å². The van der Waals surface area contributed by atoms with Gasteiger partial charge in [0.2, 0.25) is 5.91 Å². The number of hydrogen-bond acceptors (Lipinski definition) is 4. The van der Waals surface area contributed by atoms with Gasteiger partial charge >= 0.3 is 12.1 Å². The third-order valence-electron chi connectivity index (χ3n) is 7.27. The van der Waals surface area contributed by atoms with Gasteiger partial charge in [-0.15, -0.1) is 0 Å². The Morgan fingerprint density at radius 2 is 1.61 bits per heavy atom. The third kappa shape index (κ3) is 4.08. The molecule has 0 heterocycles. The molecule has 2 amide bonds. The first-order chi connectivity index (χ1) is 15.8. The first-order valence-corrected chi connectivity index (χ1v) is 11.5. The quantitative estimate of drug-likeness (QED) is 0.570. The lowest BCUT2D eigenvalue weighted by Gasteiger charge is -2.31. The second kappa shape index (κ2) is 7.90. The predicted molar refractivity (Wildman–Crippen MR) is 122 cm³/mol. The SMILES string of the molecule is CC(CC(=O)O)(NC(=O)C1(NC(=O)OCC2c3ccccc3-c3ccccc32)CC1)C1CC1. The summed E-state index contributed by atoms with van der Waals surface area (Å²) < 4.78 is 5.60. The number of hydrogen-bond donors (Lipinski definition) is 3. The molecule has 172 valence electrons. The van der Waals surface area contributed by atoms with Gasteiger partial charge in [-0.2, -0.15) is 0 Å². The Labute approximate surface area is 192 Å². The normalized spacial score (nSPS) is 19.5. The molecule has 2 fully saturated rings. The molecule has 7 heteroatoms. The molecule has 5 rings (SSSR count). The van der Waals surface area contributed by atoms with Crippen LogP contribution >= 0.6 is 0 Å². The average molecular weight is 449 g/mol. The highest BCUT2D eigenvalue weighted by Crippen LogP contribution is 2.45. The Kier molecular flexibility index (Phi) is 5.15. The standard InChI is InChI=1S/C26H28N2O5/c1-25(14-22(29)30,16-10-11-16)27-23(31)26(12-13-26)28-24(32)33-15-21-19-8-4-2-6-17(19)18-7-3-5-9-20(18)21/h2-9,16,21H,10-15H2,1H3,(H,27,31)(H,28,32)(H,29,30). The van der Waals surface area contributed by atoms with Crippen LogP contribution in [0.3, 0.4) is 0 Å². The summed E-state index contributed by atoms with van der Waals surface area (Å²) in [5, 5.41) is 15.0. The molecular formula is C26H28N2O5. The van der Waals surface area contributed by atoms with E-state index in [4.69, 9.17) is 4.74 Å². The molecule has 0 aliphatic heterocycles. The maximum absolute atomic E-state index is 13.0. The summed E-state index contributed by atoms with van der Waals surface area (Å²) in [6, 6.07) is 16.2. The zero-order valence-corrected chi connectivity index (χ0v) is 18.6. The van der Waals surface area contributed by atoms with Crippen molar-refractivity contribution >= 4 is 18.0 Å². The molecule has 33 heavy (non-hydrogen) atoms. The van der Waals surface area contributed by atoms with Crippen LogP contribution in [0.2, 0.25) is 0 Å². The van der Waals surface area contributed by atoms with Gasteiger partial charge in [-0.25, -0.2) is 4.79 Å². The minimum absolute atomic E-state index is 0.0548. The molecule has 0 spiro atoms. The van der Waals surface area contributed by atoms with Gasteiger partial charge in [0.1, 0.15) is 12.1 Å². The maximum Gasteiger partial charge on any atom is 0.408 e. The highest BCUT2D eigenvalue weighted by atomic mass is 16.5. The average Bonchev–Trinajstić information content (AvgIpc) is 3.69. The second-order valence-electron chi connectivity index (χ2n) is 9.75. The van der Waals surface area contributed by atoms with Crippen molar-refractivity contribution in [3.63, 3.8) is 0 Å². The van der Waals surface area contributed by atoms with Crippen molar-refractivity contribution in [3.8, 4) is 11.1 Å². The van der Waals surface area contributed by atoms with Crippen LogP contribution in [0.25, 0.3) is 11.1 Å². The lowest BCUT2D eigenvalue weighted by molar-refractivity contribution is -0.139. The fourth-order valence-corrected chi connectivity index (χ4v) is 5.07. The Bertz CT molecular complexity index is 1080. The number of rotatable bonds is 8. The van der Waals surface area contributed by atoms with E-state index in [2.05, 4.69) is 34.9 Å². The summed E-state index contributed by atoms with van der Waals surface area (Å²) >= 11 is 0. The highest BCUT2D eigenvalue weighted by Gasteiger charge is 2.55. The number of benzene rings is 2. The number of nitrogens with one attached hydrogen (secondary N) is 2. The Hall–Kier alpha value is -3.35. The maximum atomic E-state index is 13.0. The molecule has 1 unspecified atom stereocenters. The van der Waals surface area contributed by atoms with Crippen molar-refractivity contribution in [2.45, 2.75) is 56.0 Å². The largest absolute Gasteiger partial charge is 0.481 e. The summed E-state index contributed by atoms with van der Waals surface area (Å²) in [6.07, 6.45) is 2.06. The monoisotopic (exact) mass is 448 g/mol. The van der Waals surface area contributed by atoms with E-state index >= 15 is 0 Å². The van der Waals surface area contributed by atoms with Crippen molar-refractivity contribution in [1.82, 2.24) is 10.6 Å². The highest BCUT2D eigenvalue weighted by molar-refractivity contribution is 5.93. The summed E-state index contributed by atoms with van der Waals surface area (Å²) in [4.78, 5) is 37.0. The third-order valence-corrected chi connectivity index (χ3v) is 7.27. The zero-order valence-electron chi connectivity index (χ0n) is 18.6. The Balaban J connectivity index is 1.23. The van der Waals surface area contributed by atoms with Gasteiger partial charge in [-0.3, -0.25) is 9.59 Å². The fraction of sp³-hybridized carbons (Fsp3) is 0.423. The van der Waals surface area contributed by atoms with E-state index in [1.54, 1.807) is 6.92 Å². The summed E-state index contributed by atoms with van der Waals surface area (Å²) in [5.74, 6) is -1.17. The summed E-state index contributed by atoms with van der Waals surface area (Å²) in [5.41, 5.74) is 2.73. The number of aliphatic carboxylic acids is 1. The number of alkyl carbamates (subject to hydrolysis) is 1. The number of carboxylic acid groups (broad SMARTS) is 1. The van der Waals surface area contributed by atoms with Crippen LogP contribution in [-0.2, 0) is 14.3 Å². The van der Waals surface area contributed by atoms with E-state index in [0.717, 1.165) is 35.1 Å². The molecule has 0 bridgehead atoms. The molecular weight excluding hydrogens is 420 g/mol. The number of carbonyl (C=O) groups is 3. The molecule has 0 saturated heterocycles. The minimum Gasteiger partial charge on any atom is -0.481 e. The van der Waals surface area contributed by atoms with E-state index in [9.17, 15) is 19.5 Å². The van der Waals surface area contributed by atoms with Gasteiger partial charge in [0.25, 0.3) is 0 Å². The second-order valence-corrected chi connectivity index (χ2v) is 9.75. The van der Waals surface area contributed by atoms with Crippen LogP contribution in [-0.4, -0.2) is 40.8 Å². The van der Waals surface area contributed by atoms with E-state index < -0.39 is 23.1 Å². The van der Waals surface area contributed by atoms with Crippen molar-refractivity contribution in [1.29, 1.82) is 0 Å². The van der Waals surface area contributed by atoms with Crippen LogP contribution in [0.4, 0.5) is 4.79 Å². The zero-order chi connectivity index (χ0) is 23.2.